The van der Waals surface area contributed by atoms with Crippen molar-refractivity contribution in [2.24, 2.45) is 5.73 Å². The summed E-state index contributed by atoms with van der Waals surface area (Å²) < 4.78 is 13.6. The van der Waals surface area contributed by atoms with Crippen molar-refractivity contribution in [2.75, 3.05) is 5.32 Å². The van der Waals surface area contributed by atoms with E-state index in [1.54, 1.807) is 19.1 Å². The highest BCUT2D eigenvalue weighted by atomic mass is 32.1. The molecule has 2 aromatic rings. The first-order valence-electron chi connectivity index (χ1n) is 5.45. The molecular formula is C12H12FN3O2S. The lowest BCUT2D eigenvalue weighted by Gasteiger charge is -2.07. The zero-order valence-electron chi connectivity index (χ0n) is 10.1. The number of para-hydroxylation sites is 1. The van der Waals surface area contributed by atoms with Gasteiger partial charge in [-0.05, 0) is 18.6 Å². The topological polar surface area (TPSA) is 88.2 Å². The molecule has 5 nitrogen and oxygen atoms in total. The molecule has 0 aliphatic carbocycles. The van der Waals surface area contributed by atoms with Gasteiger partial charge in [0, 0.05) is 5.38 Å². The van der Waals surface area contributed by atoms with Gasteiger partial charge in [0.25, 0.3) is 0 Å². The van der Waals surface area contributed by atoms with E-state index in [1.165, 1.54) is 22.8 Å². The number of carboxylic acids is 1. The van der Waals surface area contributed by atoms with Crippen LogP contribution in [0.5, 0.6) is 0 Å². The molecule has 0 aliphatic rings. The van der Waals surface area contributed by atoms with E-state index in [-0.39, 0.29) is 11.5 Å². The predicted octanol–water partition coefficient (Wildman–Crippen LogP) is 2.42. The normalized spacial score (nSPS) is 12.2. The van der Waals surface area contributed by atoms with Gasteiger partial charge in [-0.2, -0.15) is 0 Å². The Morgan fingerprint density at radius 2 is 2.32 bits per heavy atom. The summed E-state index contributed by atoms with van der Waals surface area (Å²) in [6, 6.07) is 3.55. The van der Waals surface area contributed by atoms with Gasteiger partial charge in [0.2, 0.25) is 0 Å². The van der Waals surface area contributed by atoms with E-state index in [0.717, 1.165) is 5.56 Å². The van der Waals surface area contributed by atoms with Gasteiger partial charge in [-0.1, -0.05) is 12.1 Å². The molecule has 0 saturated heterocycles. The second-order valence-electron chi connectivity index (χ2n) is 3.95. The summed E-state index contributed by atoms with van der Waals surface area (Å²) >= 11 is 1.18. The number of aliphatic carboxylic acids is 1. The van der Waals surface area contributed by atoms with Crippen molar-refractivity contribution in [1.29, 1.82) is 0 Å². The summed E-state index contributed by atoms with van der Waals surface area (Å²) in [5.41, 5.74) is 6.75. The Balaban J connectivity index is 2.23. The Hall–Kier alpha value is -1.99. The molecule has 0 spiro atoms. The van der Waals surface area contributed by atoms with Crippen molar-refractivity contribution in [2.45, 2.75) is 13.0 Å². The molecule has 0 bridgehead atoms. The molecule has 1 aromatic heterocycles. The van der Waals surface area contributed by atoms with Crippen LogP contribution in [0.4, 0.5) is 15.2 Å². The summed E-state index contributed by atoms with van der Waals surface area (Å²) in [4.78, 5) is 14.8. The Morgan fingerprint density at radius 3 is 2.95 bits per heavy atom. The second kappa shape index (κ2) is 5.33. The molecule has 1 aromatic carbocycles. The SMILES string of the molecule is Cc1cccc(F)c1Nc1nc(C(N)C(=O)O)cs1. The maximum Gasteiger partial charge on any atom is 0.326 e. The number of aromatic nitrogens is 1. The van der Waals surface area contributed by atoms with Gasteiger partial charge < -0.3 is 16.2 Å². The molecule has 0 amide bonds. The van der Waals surface area contributed by atoms with Gasteiger partial charge in [0.05, 0.1) is 11.4 Å². The number of anilines is 2. The van der Waals surface area contributed by atoms with E-state index >= 15 is 0 Å². The van der Waals surface area contributed by atoms with Crippen LogP contribution in [0.1, 0.15) is 17.3 Å². The van der Waals surface area contributed by atoms with Crippen LogP contribution in [0, 0.1) is 12.7 Å². The Kier molecular flexibility index (Phi) is 3.77. The second-order valence-corrected chi connectivity index (χ2v) is 4.81. The third-order valence-electron chi connectivity index (χ3n) is 2.56. The Labute approximate surface area is 112 Å². The molecule has 2 rings (SSSR count). The standard InChI is InChI=1S/C12H12FN3O2S/c1-6-3-2-4-7(13)10(6)16-12-15-8(5-19-12)9(14)11(17)18/h2-5,9H,14H2,1H3,(H,15,16)(H,17,18). The van der Waals surface area contributed by atoms with E-state index in [4.69, 9.17) is 10.8 Å². The number of hydrogen-bond donors (Lipinski definition) is 3. The van der Waals surface area contributed by atoms with Gasteiger partial charge >= 0.3 is 5.97 Å². The molecule has 1 unspecified atom stereocenters. The first kappa shape index (κ1) is 13.4. The van der Waals surface area contributed by atoms with Crippen LogP contribution in [-0.4, -0.2) is 16.1 Å². The van der Waals surface area contributed by atoms with Crippen LogP contribution < -0.4 is 11.1 Å². The average Bonchev–Trinajstić information content (AvgIpc) is 2.81. The maximum atomic E-state index is 13.6. The number of aryl methyl sites for hydroxylation is 1. The predicted molar refractivity (Wildman–Crippen MR) is 71.1 cm³/mol. The fourth-order valence-electron chi connectivity index (χ4n) is 1.51. The molecular weight excluding hydrogens is 269 g/mol. The van der Waals surface area contributed by atoms with E-state index in [0.29, 0.717) is 10.8 Å². The first-order valence-corrected chi connectivity index (χ1v) is 6.33. The molecule has 0 aliphatic heterocycles. The number of nitrogens with one attached hydrogen (secondary N) is 1. The lowest BCUT2D eigenvalue weighted by atomic mass is 10.2. The van der Waals surface area contributed by atoms with Crippen molar-refractivity contribution < 1.29 is 14.3 Å². The minimum absolute atomic E-state index is 0.244. The van der Waals surface area contributed by atoms with Gasteiger partial charge in [-0.25, -0.2) is 9.37 Å². The fraction of sp³-hybridized carbons (Fsp3) is 0.167. The van der Waals surface area contributed by atoms with E-state index in [2.05, 4.69) is 10.3 Å². The van der Waals surface area contributed by atoms with Crippen molar-refractivity contribution in [1.82, 2.24) is 4.98 Å². The molecule has 4 N–H and O–H groups in total. The van der Waals surface area contributed by atoms with Crippen LogP contribution in [0.3, 0.4) is 0 Å². The minimum atomic E-state index is -1.17. The highest BCUT2D eigenvalue weighted by molar-refractivity contribution is 7.13. The molecule has 19 heavy (non-hydrogen) atoms. The van der Waals surface area contributed by atoms with Crippen molar-refractivity contribution in [3.8, 4) is 0 Å². The lowest BCUT2D eigenvalue weighted by Crippen LogP contribution is -2.20. The van der Waals surface area contributed by atoms with Crippen LogP contribution >= 0.6 is 11.3 Å². The highest BCUT2D eigenvalue weighted by Crippen LogP contribution is 2.27. The third kappa shape index (κ3) is 2.88. The summed E-state index contributed by atoms with van der Waals surface area (Å²) in [6.45, 7) is 1.77. The van der Waals surface area contributed by atoms with Gasteiger partial charge in [0.1, 0.15) is 11.9 Å². The van der Waals surface area contributed by atoms with Gasteiger partial charge in [0.15, 0.2) is 5.13 Å². The van der Waals surface area contributed by atoms with Gasteiger partial charge in [-0.3, -0.25) is 4.79 Å². The number of hydrogen-bond acceptors (Lipinski definition) is 5. The highest BCUT2D eigenvalue weighted by Gasteiger charge is 2.18. The van der Waals surface area contributed by atoms with Crippen LogP contribution in [0.25, 0.3) is 0 Å². The molecule has 1 heterocycles. The lowest BCUT2D eigenvalue weighted by molar-refractivity contribution is -0.138. The molecule has 0 saturated carbocycles. The number of benzene rings is 1. The number of rotatable bonds is 4. The molecule has 1 atom stereocenters. The first-order chi connectivity index (χ1) is 8.99. The molecule has 0 fully saturated rings. The van der Waals surface area contributed by atoms with Crippen LogP contribution in [0.15, 0.2) is 23.6 Å². The zero-order valence-corrected chi connectivity index (χ0v) is 10.9. The Bertz CT molecular complexity index is 595. The minimum Gasteiger partial charge on any atom is -0.480 e. The summed E-state index contributed by atoms with van der Waals surface area (Å²) in [5, 5.41) is 13.6. The average molecular weight is 281 g/mol. The summed E-state index contributed by atoms with van der Waals surface area (Å²) in [5.74, 6) is -1.54. The van der Waals surface area contributed by atoms with E-state index < -0.39 is 12.0 Å². The number of nitrogens with two attached hydrogens (primary N) is 1. The largest absolute Gasteiger partial charge is 0.480 e. The monoisotopic (exact) mass is 281 g/mol. The van der Waals surface area contributed by atoms with E-state index in [9.17, 15) is 9.18 Å². The zero-order chi connectivity index (χ0) is 14.0. The molecule has 7 heteroatoms. The fourth-order valence-corrected chi connectivity index (χ4v) is 2.26. The number of halogens is 1. The molecule has 0 radical (unpaired) electrons. The number of carbonyl (C=O) groups is 1. The van der Waals surface area contributed by atoms with Gasteiger partial charge in [-0.15, -0.1) is 11.3 Å². The third-order valence-corrected chi connectivity index (χ3v) is 3.34. The number of carboxylic acid groups (broad SMARTS) is 1. The maximum absolute atomic E-state index is 13.6. The number of nitrogens with zero attached hydrogens (tertiary/aromatic N) is 1. The quantitative estimate of drug-likeness (QED) is 0.801. The summed E-state index contributed by atoms with van der Waals surface area (Å²) in [7, 11) is 0. The number of thiazole rings is 1. The Morgan fingerprint density at radius 1 is 1.58 bits per heavy atom. The van der Waals surface area contributed by atoms with Crippen LogP contribution in [-0.2, 0) is 4.79 Å². The van der Waals surface area contributed by atoms with Crippen molar-refractivity contribution in [3.05, 3.63) is 40.7 Å². The van der Waals surface area contributed by atoms with Crippen molar-refractivity contribution in [3.63, 3.8) is 0 Å². The van der Waals surface area contributed by atoms with Crippen molar-refractivity contribution >= 4 is 28.1 Å². The smallest absolute Gasteiger partial charge is 0.326 e. The summed E-state index contributed by atoms with van der Waals surface area (Å²) in [6.07, 6.45) is 0. The van der Waals surface area contributed by atoms with Crippen LogP contribution in [0.2, 0.25) is 0 Å². The molecule has 100 valence electrons. The van der Waals surface area contributed by atoms with E-state index in [1.807, 2.05) is 0 Å².